The minimum atomic E-state index is 0.628. The molecule has 29 heavy (non-hydrogen) atoms. The van der Waals surface area contributed by atoms with E-state index in [0.717, 1.165) is 57.3 Å². The number of methoxy groups -OCH3 is 1. The maximum Gasteiger partial charge on any atom is 0.122 e. The molecule has 1 fully saturated rings. The Morgan fingerprint density at radius 2 is 1.83 bits per heavy atom. The van der Waals surface area contributed by atoms with Gasteiger partial charge in [0.05, 0.1) is 28.5 Å². The molecular weight excluding hydrogens is 407 g/mol. The highest BCUT2D eigenvalue weighted by Crippen LogP contribution is 2.33. The van der Waals surface area contributed by atoms with Gasteiger partial charge in [-0.3, -0.25) is 9.91 Å². The van der Waals surface area contributed by atoms with Crippen LogP contribution in [0.3, 0.4) is 0 Å². The van der Waals surface area contributed by atoms with Crippen LogP contribution in [0.4, 0.5) is 5.69 Å². The van der Waals surface area contributed by atoms with E-state index in [4.69, 9.17) is 27.9 Å². The molecule has 7 heteroatoms. The third-order valence-electron chi connectivity index (χ3n) is 5.77. The van der Waals surface area contributed by atoms with Crippen LogP contribution in [0.5, 0.6) is 0 Å². The lowest BCUT2D eigenvalue weighted by Crippen LogP contribution is -2.46. The molecule has 0 unspecified atom stereocenters. The van der Waals surface area contributed by atoms with Gasteiger partial charge < -0.3 is 9.64 Å². The first-order valence-electron chi connectivity index (χ1n) is 10.2. The predicted molar refractivity (Wildman–Crippen MR) is 120 cm³/mol. The van der Waals surface area contributed by atoms with E-state index in [-0.39, 0.29) is 0 Å². The van der Waals surface area contributed by atoms with Gasteiger partial charge in [-0.15, -0.1) is 0 Å². The number of hydrogen-bond acceptors (Lipinski definition) is 5. The van der Waals surface area contributed by atoms with Crippen molar-refractivity contribution in [3.63, 3.8) is 0 Å². The molecule has 0 N–H and O–H groups in total. The van der Waals surface area contributed by atoms with Crippen LogP contribution >= 0.6 is 23.2 Å². The SMILES string of the molecule is COC1=CC2=CCN(CCCCN3CCN(c4cccc(Cl)c4Cl)CC3)N2C=C1. The first-order chi connectivity index (χ1) is 14.2. The molecule has 4 rings (SSSR count). The van der Waals surface area contributed by atoms with Gasteiger partial charge in [0.2, 0.25) is 0 Å². The van der Waals surface area contributed by atoms with Crippen LogP contribution in [-0.2, 0) is 4.74 Å². The molecule has 0 aliphatic carbocycles. The van der Waals surface area contributed by atoms with Crippen molar-refractivity contribution < 1.29 is 4.74 Å². The van der Waals surface area contributed by atoms with Gasteiger partial charge >= 0.3 is 0 Å². The maximum absolute atomic E-state index is 6.38. The van der Waals surface area contributed by atoms with Gasteiger partial charge in [-0.1, -0.05) is 29.3 Å². The Kier molecular flexibility index (Phi) is 6.70. The summed E-state index contributed by atoms with van der Waals surface area (Å²) in [7, 11) is 1.71. The van der Waals surface area contributed by atoms with Gasteiger partial charge in [0.25, 0.3) is 0 Å². The first kappa shape index (κ1) is 20.6. The molecule has 3 heterocycles. The molecule has 0 saturated carbocycles. The molecule has 3 aliphatic rings. The number of hydrogen-bond donors (Lipinski definition) is 0. The van der Waals surface area contributed by atoms with E-state index in [9.17, 15) is 0 Å². The third-order valence-corrected chi connectivity index (χ3v) is 6.58. The molecule has 1 aromatic rings. The van der Waals surface area contributed by atoms with Crippen LogP contribution in [0.25, 0.3) is 0 Å². The van der Waals surface area contributed by atoms with Crippen molar-refractivity contribution in [2.75, 3.05) is 57.8 Å². The van der Waals surface area contributed by atoms with Gasteiger partial charge in [0.1, 0.15) is 5.76 Å². The standard InChI is InChI=1S/C22H28Cl2N4O/c1-29-19-8-12-28-18(17-19)7-11-27(28)10-3-2-9-25-13-15-26(16-14-25)21-6-4-5-20(23)22(21)24/h4-8,12,17H,2-3,9-11,13-16H2,1H3. The second-order valence-electron chi connectivity index (χ2n) is 7.56. The zero-order valence-electron chi connectivity index (χ0n) is 16.9. The fourth-order valence-corrected chi connectivity index (χ4v) is 4.51. The molecule has 1 aromatic carbocycles. The molecule has 0 amide bonds. The lowest BCUT2D eigenvalue weighted by atomic mass is 10.2. The number of piperazine rings is 1. The van der Waals surface area contributed by atoms with Crippen LogP contribution in [0.15, 0.2) is 54.1 Å². The molecule has 5 nitrogen and oxygen atoms in total. The zero-order chi connectivity index (χ0) is 20.2. The van der Waals surface area contributed by atoms with E-state index in [1.807, 2.05) is 18.2 Å². The van der Waals surface area contributed by atoms with Crippen molar-refractivity contribution in [1.82, 2.24) is 14.9 Å². The molecule has 1 saturated heterocycles. The van der Waals surface area contributed by atoms with Crippen molar-refractivity contribution in [2.45, 2.75) is 12.8 Å². The number of ether oxygens (including phenoxy) is 1. The Hall–Kier alpha value is -1.66. The summed E-state index contributed by atoms with van der Waals surface area (Å²) in [4.78, 5) is 4.89. The van der Waals surface area contributed by atoms with Crippen LogP contribution in [0.2, 0.25) is 10.0 Å². The third kappa shape index (κ3) is 4.75. The van der Waals surface area contributed by atoms with Crippen molar-refractivity contribution in [1.29, 1.82) is 0 Å². The average molecular weight is 435 g/mol. The fraction of sp³-hybridized carbons (Fsp3) is 0.455. The summed E-state index contributed by atoms with van der Waals surface area (Å²) in [5.74, 6) is 0.910. The summed E-state index contributed by atoms with van der Waals surface area (Å²) in [5, 5.41) is 5.91. The summed E-state index contributed by atoms with van der Waals surface area (Å²) < 4.78 is 5.31. The number of benzene rings is 1. The highest BCUT2D eigenvalue weighted by molar-refractivity contribution is 6.43. The molecule has 0 aromatic heterocycles. The number of hydrazine groups is 1. The number of halogens is 2. The summed E-state index contributed by atoms with van der Waals surface area (Å²) >= 11 is 12.5. The lowest BCUT2D eigenvalue weighted by Gasteiger charge is -2.36. The van der Waals surface area contributed by atoms with Crippen LogP contribution in [0.1, 0.15) is 12.8 Å². The van der Waals surface area contributed by atoms with E-state index >= 15 is 0 Å². The molecule has 0 atom stereocenters. The Morgan fingerprint density at radius 3 is 2.62 bits per heavy atom. The van der Waals surface area contributed by atoms with E-state index in [2.05, 4.69) is 44.2 Å². The van der Waals surface area contributed by atoms with Crippen molar-refractivity contribution in [3.8, 4) is 0 Å². The summed E-state index contributed by atoms with van der Waals surface area (Å²) in [6.45, 7) is 7.30. The Bertz CT molecular complexity index is 815. The van der Waals surface area contributed by atoms with E-state index < -0.39 is 0 Å². The number of allylic oxidation sites excluding steroid dienone is 2. The Balaban J connectivity index is 1.16. The molecular formula is C22H28Cl2N4O. The lowest BCUT2D eigenvalue weighted by molar-refractivity contribution is 0.0877. The smallest absolute Gasteiger partial charge is 0.122 e. The van der Waals surface area contributed by atoms with Crippen molar-refractivity contribution in [2.24, 2.45) is 0 Å². The van der Waals surface area contributed by atoms with Gasteiger partial charge in [-0.25, -0.2) is 5.01 Å². The topological polar surface area (TPSA) is 22.2 Å². The average Bonchev–Trinajstić information content (AvgIpc) is 3.16. The van der Waals surface area contributed by atoms with E-state index in [1.165, 1.54) is 18.5 Å². The monoisotopic (exact) mass is 434 g/mol. The van der Waals surface area contributed by atoms with Gasteiger partial charge in [-0.05, 0) is 43.7 Å². The summed E-state index contributed by atoms with van der Waals surface area (Å²) in [5.41, 5.74) is 2.26. The van der Waals surface area contributed by atoms with Crippen LogP contribution < -0.4 is 4.90 Å². The van der Waals surface area contributed by atoms with Crippen LogP contribution in [0, 0.1) is 0 Å². The maximum atomic E-state index is 6.38. The number of unbranched alkanes of at least 4 members (excludes halogenated alkanes) is 1. The fourth-order valence-electron chi connectivity index (χ4n) is 4.09. The second kappa shape index (κ2) is 9.43. The molecule has 0 radical (unpaired) electrons. The van der Waals surface area contributed by atoms with Crippen LogP contribution in [-0.4, -0.2) is 67.8 Å². The minimum absolute atomic E-state index is 0.628. The van der Waals surface area contributed by atoms with E-state index in [0.29, 0.717) is 10.0 Å². The molecule has 0 bridgehead atoms. The predicted octanol–water partition coefficient (Wildman–Crippen LogP) is 4.37. The molecule has 3 aliphatic heterocycles. The number of nitrogens with zero attached hydrogens (tertiary/aromatic N) is 4. The molecule has 0 spiro atoms. The zero-order valence-corrected chi connectivity index (χ0v) is 18.4. The quantitative estimate of drug-likeness (QED) is 0.592. The van der Waals surface area contributed by atoms with Gasteiger partial charge in [-0.2, -0.15) is 0 Å². The largest absolute Gasteiger partial charge is 0.497 e. The van der Waals surface area contributed by atoms with E-state index in [1.54, 1.807) is 7.11 Å². The Labute approximate surface area is 183 Å². The minimum Gasteiger partial charge on any atom is -0.497 e. The highest BCUT2D eigenvalue weighted by atomic mass is 35.5. The summed E-state index contributed by atoms with van der Waals surface area (Å²) in [6, 6.07) is 5.87. The molecule has 156 valence electrons. The second-order valence-corrected chi connectivity index (χ2v) is 8.35. The highest BCUT2D eigenvalue weighted by Gasteiger charge is 2.23. The summed E-state index contributed by atoms with van der Waals surface area (Å²) in [6.07, 6.45) is 10.8. The Morgan fingerprint density at radius 1 is 1.03 bits per heavy atom. The van der Waals surface area contributed by atoms with Crippen molar-refractivity contribution in [3.05, 3.63) is 64.1 Å². The van der Waals surface area contributed by atoms with Gasteiger partial charge in [0, 0.05) is 51.5 Å². The van der Waals surface area contributed by atoms with Gasteiger partial charge in [0.15, 0.2) is 0 Å². The number of fused-ring (bicyclic) bond motifs is 1. The number of rotatable bonds is 7. The van der Waals surface area contributed by atoms with Crippen molar-refractivity contribution >= 4 is 28.9 Å². The normalized spacial score (nSPS) is 20.0. The number of anilines is 1. The first-order valence-corrected chi connectivity index (χ1v) is 11.0.